The summed E-state index contributed by atoms with van der Waals surface area (Å²) in [5.41, 5.74) is 4.29. The Labute approximate surface area is 132 Å². The highest BCUT2D eigenvalue weighted by Crippen LogP contribution is 2.27. The van der Waals surface area contributed by atoms with Gasteiger partial charge in [0.15, 0.2) is 0 Å². The summed E-state index contributed by atoms with van der Waals surface area (Å²) in [5, 5.41) is 3.49. The van der Waals surface area contributed by atoms with Gasteiger partial charge in [-0.15, -0.1) is 11.3 Å². The number of thiazole rings is 1. The normalized spacial score (nSPS) is 11.1. The SMILES string of the molecule is Cc1ccccc1/C=N/c1nc(-c2ccc(Cl)cc2)cs1. The van der Waals surface area contributed by atoms with E-state index in [1.165, 1.54) is 16.9 Å². The zero-order chi connectivity index (χ0) is 14.7. The molecule has 0 saturated carbocycles. The summed E-state index contributed by atoms with van der Waals surface area (Å²) in [6.45, 7) is 2.07. The van der Waals surface area contributed by atoms with Crippen molar-refractivity contribution in [2.24, 2.45) is 4.99 Å². The molecule has 104 valence electrons. The average Bonchev–Trinajstić information content (AvgIpc) is 2.96. The molecular weight excluding hydrogens is 300 g/mol. The van der Waals surface area contributed by atoms with Gasteiger partial charge < -0.3 is 0 Å². The number of aliphatic imine (C=N–C) groups is 1. The number of aromatic nitrogens is 1. The summed E-state index contributed by atoms with van der Waals surface area (Å²) in [4.78, 5) is 8.99. The third-order valence-electron chi connectivity index (χ3n) is 3.13. The van der Waals surface area contributed by atoms with E-state index in [1.54, 1.807) is 0 Å². The fraction of sp³-hybridized carbons (Fsp3) is 0.0588. The van der Waals surface area contributed by atoms with Crippen LogP contribution in [0.4, 0.5) is 5.13 Å². The number of rotatable bonds is 3. The van der Waals surface area contributed by atoms with E-state index < -0.39 is 0 Å². The van der Waals surface area contributed by atoms with Crippen molar-refractivity contribution in [1.29, 1.82) is 0 Å². The molecule has 4 heteroatoms. The number of aryl methyl sites for hydroxylation is 1. The lowest BCUT2D eigenvalue weighted by Crippen LogP contribution is -1.84. The Bertz CT molecular complexity index is 775. The maximum Gasteiger partial charge on any atom is 0.209 e. The molecule has 1 aromatic heterocycles. The van der Waals surface area contributed by atoms with E-state index in [0.717, 1.165) is 27.0 Å². The molecular formula is C17H13ClN2S. The predicted octanol–water partition coefficient (Wildman–Crippen LogP) is 5.52. The smallest absolute Gasteiger partial charge is 0.209 e. The van der Waals surface area contributed by atoms with Crippen molar-refractivity contribution in [3.05, 3.63) is 70.1 Å². The fourth-order valence-corrected chi connectivity index (χ4v) is 2.73. The molecule has 0 aliphatic carbocycles. The molecule has 3 aromatic rings. The standard InChI is InChI=1S/C17H13ClN2S/c1-12-4-2-3-5-14(12)10-19-17-20-16(11-21-17)13-6-8-15(18)9-7-13/h2-11H,1H3/b19-10+. The molecule has 2 aromatic carbocycles. The van der Waals surface area contributed by atoms with E-state index in [0.29, 0.717) is 0 Å². The van der Waals surface area contributed by atoms with Gasteiger partial charge in [-0.2, -0.15) is 0 Å². The van der Waals surface area contributed by atoms with Gasteiger partial charge in [0.25, 0.3) is 0 Å². The Hall–Kier alpha value is -1.97. The van der Waals surface area contributed by atoms with Crippen LogP contribution in [0, 0.1) is 6.92 Å². The van der Waals surface area contributed by atoms with Gasteiger partial charge >= 0.3 is 0 Å². The van der Waals surface area contributed by atoms with Crippen molar-refractivity contribution in [3.8, 4) is 11.3 Å². The molecule has 1 heterocycles. The van der Waals surface area contributed by atoms with E-state index >= 15 is 0 Å². The summed E-state index contributed by atoms with van der Waals surface area (Å²) in [7, 11) is 0. The van der Waals surface area contributed by atoms with Crippen LogP contribution in [0.2, 0.25) is 5.02 Å². The first-order chi connectivity index (χ1) is 10.2. The highest BCUT2D eigenvalue weighted by atomic mass is 35.5. The lowest BCUT2D eigenvalue weighted by Gasteiger charge is -1.97. The van der Waals surface area contributed by atoms with Crippen LogP contribution in [0.25, 0.3) is 11.3 Å². The topological polar surface area (TPSA) is 25.2 Å². The number of nitrogens with zero attached hydrogens (tertiary/aromatic N) is 2. The minimum atomic E-state index is 0.728. The second-order valence-electron chi connectivity index (χ2n) is 4.64. The lowest BCUT2D eigenvalue weighted by molar-refractivity contribution is 1.35. The molecule has 0 spiro atoms. The maximum atomic E-state index is 5.90. The van der Waals surface area contributed by atoms with Crippen LogP contribution in [-0.2, 0) is 0 Å². The fourth-order valence-electron chi connectivity index (χ4n) is 1.93. The molecule has 0 saturated heterocycles. The third-order valence-corrected chi connectivity index (χ3v) is 4.14. The van der Waals surface area contributed by atoms with Crippen molar-refractivity contribution in [2.75, 3.05) is 0 Å². The second kappa shape index (κ2) is 6.20. The Morgan fingerprint density at radius 3 is 2.62 bits per heavy atom. The average molecular weight is 313 g/mol. The van der Waals surface area contributed by atoms with Gasteiger partial charge in [0, 0.05) is 22.2 Å². The van der Waals surface area contributed by atoms with Gasteiger partial charge in [-0.3, -0.25) is 0 Å². The summed E-state index contributed by atoms with van der Waals surface area (Å²) in [6.07, 6.45) is 1.86. The molecule has 0 radical (unpaired) electrons. The molecule has 2 nitrogen and oxygen atoms in total. The van der Waals surface area contributed by atoms with Crippen LogP contribution in [-0.4, -0.2) is 11.2 Å². The largest absolute Gasteiger partial charge is 0.227 e. The van der Waals surface area contributed by atoms with E-state index in [4.69, 9.17) is 11.6 Å². The molecule has 0 atom stereocenters. The molecule has 0 unspecified atom stereocenters. The van der Waals surface area contributed by atoms with E-state index in [1.807, 2.05) is 54.1 Å². The van der Waals surface area contributed by atoms with Crippen LogP contribution in [0.3, 0.4) is 0 Å². The zero-order valence-corrected chi connectivity index (χ0v) is 13.0. The Balaban J connectivity index is 1.82. The Morgan fingerprint density at radius 2 is 1.86 bits per heavy atom. The number of hydrogen-bond acceptors (Lipinski definition) is 3. The second-order valence-corrected chi connectivity index (χ2v) is 5.91. The van der Waals surface area contributed by atoms with Crippen LogP contribution in [0.1, 0.15) is 11.1 Å². The Kier molecular flexibility index (Phi) is 4.13. The van der Waals surface area contributed by atoms with Crippen molar-refractivity contribution < 1.29 is 0 Å². The highest BCUT2D eigenvalue weighted by Gasteiger charge is 2.03. The molecule has 0 bridgehead atoms. The van der Waals surface area contributed by atoms with Crippen molar-refractivity contribution in [3.63, 3.8) is 0 Å². The van der Waals surface area contributed by atoms with Crippen LogP contribution < -0.4 is 0 Å². The molecule has 0 aliphatic rings. The summed E-state index contributed by atoms with van der Waals surface area (Å²) >= 11 is 7.43. The first-order valence-corrected chi connectivity index (χ1v) is 7.79. The molecule has 21 heavy (non-hydrogen) atoms. The zero-order valence-electron chi connectivity index (χ0n) is 11.5. The maximum absolute atomic E-state index is 5.90. The number of benzene rings is 2. The van der Waals surface area contributed by atoms with Gasteiger partial charge in [-0.25, -0.2) is 9.98 Å². The van der Waals surface area contributed by atoms with Crippen LogP contribution >= 0.6 is 22.9 Å². The van der Waals surface area contributed by atoms with Gasteiger partial charge in [0.2, 0.25) is 5.13 Å². The quantitative estimate of drug-likeness (QED) is 0.584. The lowest BCUT2D eigenvalue weighted by atomic mass is 10.1. The van der Waals surface area contributed by atoms with Crippen molar-refractivity contribution in [2.45, 2.75) is 6.92 Å². The summed E-state index contributed by atoms with van der Waals surface area (Å²) in [5.74, 6) is 0. The van der Waals surface area contributed by atoms with E-state index in [2.05, 4.69) is 23.0 Å². The van der Waals surface area contributed by atoms with Gasteiger partial charge in [0.1, 0.15) is 0 Å². The highest BCUT2D eigenvalue weighted by molar-refractivity contribution is 7.13. The van der Waals surface area contributed by atoms with E-state index in [9.17, 15) is 0 Å². The van der Waals surface area contributed by atoms with Gasteiger partial charge in [0.05, 0.1) is 5.69 Å². The van der Waals surface area contributed by atoms with Crippen LogP contribution in [0.15, 0.2) is 58.9 Å². The summed E-state index contributed by atoms with van der Waals surface area (Å²) in [6, 6.07) is 15.8. The first kappa shape index (κ1) is 14.0. The minimum Gasteiger partial charge on any atom is -0.227 e. The Morgan fingerprint density at radius 1 is 1.10 bits per heavy atom. The first-order valence-electron chi connectivity index (χ1n) is 6.53. The molecule has 0 N–H and O–H groups in total. The minimum absolute atomic E-state index is 0.728. The predicted molar refractivity (Wildman–Crippen MR) is 91.0 cm³/mol. The monoisotopic (exact) mass is 312 g/mol. The van der Waals surface area contributed by atoms with Gasteiger partial charge in [-0.05, 0) is 30.2 Å². The number of hydrogen-bond donors (Lipinski definition) is 0. The van der Waals surface area contributed by atoms with Crippen LogP contribution in [0.5, 0.6) is 0 Å². The molecule has 0 aliphatic heterocycles. The van der Waals surface area contributed by atoms with Crippen molar-refractivity contribution >= 4 is 34.3 Å². The number of halogens is 1. The van der Waals surface area contributed by atoms with Crippen molar-refractivity contribution in [1.82, 2.24) is 4.98 Å². The van der Waals surface area contributed by atoms with E-state index in [-0.39, 0.29) is 0 Å². The van der Waals surface area contributed by atoms with Gasteiger partial charge in [-0.1, -0.05) is 48.0 Å². The molecule has 3 rings (SSSR count). The molecule has 0 fully saturated rings. The summed E-state index contributed by atoms with van der Waals surface area (Å²) < 4.78 is 0. The third kappa shape index (κ3) is 3.38. The molecule has 0 amide bonds.